The van der Waals surface area contributed by atoms with Crippen molar-refractivity contribution in [2.24, 2.45) is 0 Å². The van der Waals surface area contributed by atoms with Crippen LogP contribution in [0, 0.1) is 11.3 Å². The highest BCUT2D eigenvalue weighted by atomic mass is 35.5. The van der Waals surface area contributed by atoms with Crippen LogP contribution in [0.3, 0.4) is 0 Å². The van der Waals surface area contributed by atoms with E-state index in [-0.39, 0.29) is 19.3 Å². The zero-order valence-corrected chi connectivity index (χ0v) is 21.2. The topological polar surface area (TPSA) is 59.7 Å². The SMILES string of the molecule is CC1CN(c2ccc(OCCO)cc2Cl)C(c2ccc(Cl)cc2)CN1CCc1ccc(C#N)cc1. The minimum atomic E-state index is -0.0417. The zero-order valence-electron chi connectivity index (χ0n) is 19.7. The smallest absolute Gasteiger partial charge is 0.121 e. The lowest BCUT2D eigenvalue weighted by molar-refractivity contribution is 0.163. The highest BCUT2D eigenvalue weighted by molar-refractivity contribution is 6.33. The first kappa shape index (κ1) is 25.3. The van der Waals surface area contributed by atoms with E-state index in [1.807, 2.05) is 54.6 Å². The molecule has 5 nitrogen and oxygen atoms in total. The number of ether oxygens (including phenoxy) is 1. The molecule has 0 radical (unpaired) electrons. The van der Waals surface area contributed by atoms with Crippen LogP contribution >= 0.6 is 23.2 Å². The molecule has 0 spiro atoms. The molecule has 1 fully saturated rings. The number of halogens is 2. The fourth-order valence-electron chi connectivity index (χ4n) is 4.57. The minimum Gasteiger partial charge on any atom is -0.491 e. The molecule has 1 aliphatic rings. The van der Waals surface area contributed by atoms with E-state index in [1.165, 1.54) is 11.1 Å². The zero-order chi connectivity index (χ0) is 24.8. The normalized spacial score (nSPS) is 18.3. The predicted molar refractivity (Wildman–Crippen MR) is 141 cm³/mol. The van der Waals surface area contributed by atoms with Gasteiger partial charge >= 0.3 is 0 Å². The third-order valence-corrected chi connectivity index (χ3v) is 7.04. The maximum absolute atomic E-state index is 9.05. The lowest BCUT2D eigenvalue weighted by atomic mass is 9.98. The number of rotatable bonds is 8. The van der Waals surface area contributed by atoms with Gasteiger partial charge in [0.25, 0.3) is 0 Å². The van der Waals surface area contributed by atoms with Crippen molar-refractivity contribution in [1.29, 1.82) is 5.26 Å². The number of nitrogens with zero attached hydrogens (tertiary/aromatic N) is 3. The first-order valence-electron chi connectivity index (χ1n) is 11.8. The summed E-state index contributed by atoms with van der Waals surface area (Å²) in [6, 6.07) is 24.2. The molecule has 182 valence electrons. The van der Waals surface area contributed by atoms with Crippen molar-refractivity contribution < 1.29 is 9.84 Å². The number of aliphatic hydroxyl groups excluding tert-OH is 1. The van der Waals surface area contributed by atoms with Gasteiger partial charge in [0.05, 0.1) is 35.0 Å². The Bertz CT molecular complexity index is 1160. The molecule has 35 heavy (non-hydrogen) atoms. The third-order valence-electron chi connectivity index (χ3n) is 6.48. The molecule has 0 aliphatic carbocycles. The first-order valence-corrected chi connectivity index (χ1v) is 12.5. The van der Waals surface area contributed by atoms with Crippen LogP contribution in [0.1, 0.15) is 29.7 Å². The Kier molecular flexibility index (Phi) is 8.54. The molecule has 1 N–H and O–H groups in total. The van der Waals surface area contributed by atoms with Crippen LogP contribution in [0.4, 0.5) is 5.69 Å². The number of anilines is 1. The predicted octanol–water partition coefficient (Wildman–Crippen LogP) is 5.73. The van der Waals surface area contributed by atoms with Crippen LogP contribution in [-0.4, -0.2) is 48.9 Å². The van der Waals surface area contributed by atoms with Crippen molar-refractivity contribution in [3.8, 4) is 11.8 Å². The molecule has 0 amide bonds. The maximum atomic E-state index is 9.05. The van der Waals surface area contributed by atoms with Gasteiger partial charge in [0.15, 0.2) is 0 Å². The van der Waals surface area contributed by atoms with Gasteiger partial charge in [0, 0.05) is 36.8 Å². The van der Waals surface area contributed by atoms with Gasteiger partial charge in [0.1, 0.15) is 12.4 Å². The van der Waals surface area contributed by atoms with E-state index in [9.17, 15) is 0 Å². The summed E-state index contributed by atoms with van der Waals surface area (Å²) in [6.45, 7) is 5.02. The number of hydrogen-bond acceptors (Lipinski definition) is 5. The number of aliphatic hydroxyl groups is 1. The highest BCUT2D eigenvalue weighted by Gasteiger charge is 2.33. The number of benzene rings is 3. The second-order valence-electron chi connectivity index (χ2n) is 8.81. The summed E-state index contributed by atoms with van der Waals surface area (Å²) in [5.74, 6) is 0.643. The molecule has 3 aromatic rings. The van der Waals surface area contributed by atoms with Crippen LogP contribution < -0.4 is 9.64 Å². The van der Waals surface area contributed by atoms with Gasteiger partial charge in [-0.2, -0.15) is 5.26 Å². The monoisotopic (exact) mass is 509 g/mol. The summed E-state index contributed by atoms with van der Waals surface area (Å²) in [5, 5.41) is 19.4. The van der Waals surface area contributed by atoms with Gasteiger partial charge in [0.2, 0.25) is 0 Å². The van der Waals surface area contributed by atoms with Gasteiger partial charge in [-0.25, -0.2) is 0 Å². The van der Waals surface area contributed by atoms with E-state index >= 15 is 0 Å². The van der Waals surface area contributed by atoms with E-state index in [1.54, 1.807) is 0 Å². The maximum Gasteiger partial charge on any atom is 0.121 e. The molecular weight excluding hydrogens is 481 g/mol. The summed E-state index contributed by atoms with van der Waals surface area (Å²) >= 11 is 12.9. The van der Waals surface area contributed by atoms with E-state index in [2.05, 4.69) is 34.9 Å². The van der Waals surface area contributed by atoms with Crippen LogP contribution in [0.25, 0.3) is 0 Å². The lowest BCUT2D eigenvalue weighted by Gasteiger charge is -2.47. The van der Waals surface area contributed by atoms with Gasteiger partial charge in [-0.05, 0) is 60.9 Å². The van der Waals surface area contributed by atoms with Crippen molar-refractivity contribution >= 4 is 28.9 Å². The molecule has 0 bridgehead atoms. The number of nitriles is 1. The van der Waals surface area contributed by atoms with Crippen LogP contribution in [-0.2, 0) is 6.42 Å². The third kappa shape index (κ3) is 6.28. The summed E-state index contributed by atoms with van der Waals surface area (Å²) < 4.78 is 5.54. The summed E-state index contributed by atoms with van der Waals surface area (Å²) in [7, 11) is 0. The Morgan fingerprint density at radius 1 is 1.03 bits per heavy atom. The Morgan fingerprint density at radius 3 is 2.43 bits per heavy atom. The molecular formula is C28H29Cl2N3O2. The van der Waals surface area contributed by atoms with Crippen molar-refractivity contribution in [1.82, 2.24) is 4.90 Å². The number of piperazine rings is 1. The van der Waals surface area contributed by atoms with Crippen molar-refractivity contribution in [3.63, 3.8) is 0 Å². The van der Waals surface area contributed by atoms with E-state index < -0.39 is 0 Å². The van der Waals surface area contributed by atoms with E-state index in [0.717, 1.165) is 31.7 Å². The average molecular weight is 510 g/mol. The Balaban J connectivity index is 1.56. The first-order chi connectivity index (χ1) is 17.0. The lowest BCUT2D eigenvalue weighted by Crippen LogP contribution is -2.54. The standard InChI is InChI=1S/C28H29Cl2N3O2/c1-20-18-33(27-11-10-25(16-26(27)30)35-15-14-34)28(23-6-8-24(29)9-7-23)19-32(20)13-12-21-2-4-22(17-31)5-3-21/h2-11,16,20,28,34H,12-15,18-19H2,1H3. The average Bonchev–Trinajstić information content (AvgIpc) is 2.87. The molecule has 3 aromatic carbocycles. The van der Waals surface area contributed by atoms with E-state index in [0.29, 0.717) is 27.4 Å². The Morgan fingerprint density at radius 2 is 1.77 bits per heavy atom. The minimum absolute atomic E-state index is 0.0417. The van der Waals surface area contributed by atoms with Gasteiger partial charge in [-0.3, -0.25) is 4.90 Å². The van der Waals surface area contributed by atoms with Crippen molar-refractivity contribution in [3.05, 3.63) is 93.5 Å². The quantitative estimate of drug-likeness (QED) is 0.420. The van der Waals surface area contributed by atoms with Gasteiger partial charge in [-0.15, -0.1) is 0 Å². The molecule has 7 heteroatoms. The largest absolute Gasteiger partial charge is 0.491 e. The van der Waals surface area contributed by atoms with E-state index in [4.69, 9.17) is 38.3 Å². The second-order valence-corrected chi connectivity index (χ2v) is 9.65. The molecule has 4 rings (SSSR count). The molecule has 1 heterocycles. The fraction of sp³-hybridized carbons (Fsp3) is 0.321. The second kappa shape index (κ2) is 11.8. The van der Waals surface area contributed by atoms with Crippen molar-refractivity contribution in [2.75, 3.05) is 37.7 Å². The summed E-state index contributed by atoms with van der Waals surface area (Å²) in [4.78, 5) is 4.88. The number of hydrogen-bond donors (Lipinski definition) is 1. The molecule has 0 saturated carbocycles. The Hall–Kier alpha value is -2.75. The highest BCUT2D eigenvalue weighted by Crippen LogP contribution is 2.38. The fourth-order valence-corrected chi connectivity index (χ4v) is 4.97. The molecule has 2 unspecified atom stereocenters. The summed E-state index contributed by atoms with van der Waals surface area (Å²) in [5.41, 5.74) is 4.05. The summed E-state index contributed by atoms with van der Waals surface area (Å²) in [6.07, 6.45) is 0.918. The van der Waals surface area contributed by atoms with Crippen molar-refractivity contribution in [2.45, 2.75) is 25.4 Å². The van der Waals surface area contributed by atoms with Crippen LogP contribution in [0.2, 0.25) is 10.0 Å². The molecule has 0 aromatic heterocycles. The Labute approximate surface area is 217 Å². The molecule has 1 saturated heterocycles. The van der Waals surface area contributed by atoms with Crippen LogP contribution in [0.5, 0.6) is 5.75 Å². The van der Waals surface area contributed by atoms with Gasteiger partial charge in [-0.1, -0.05) is 47.5 Å². The molecule has 2 atom stereocenters. The van der Waals surface area contributed by atoms with Gasteiger partial charge < -0.3 is 14.7 Å². The molecule has 1 aliphatic heterocycles. The van der Waals surface area contributed by atoms with Crippen LogP contribution in [0.15, 0.2) is 66.7 Å².